The van der Waals surface area contributed by atoms with E-state index in [2.05, 4.69) is 4.29 Å². The molecular formula is C12H15ClO3. The molecule has 1 aromatic rings. The van der Waals surface area contributed by atoms with Gasteiger partial charge in [0.05, 0.1) is 18.3 Å². The summed E-state index contributed by atoms with van der Waals surface area (Å²) in [5.41, 5.74) is 1.57. The summed E-state index contributed by atoms with van der Waals surface area (Å²) in [7, 11) is 0. The number of carbonyl (C=O) groups is 1. The largest absolute Gasteiger partial charge is 0.378 e. The maximum atomic E-state index is 11.0. The first-order chi connectivity index (χ1) is 7.63. The van der Waals surface area contributed by atoms with Gasteiger partial charge in [0.2, 0.25) is 0 Å². The fraction of sp³-hybridized carbons (Fsp3) is 0.417. The van der Waals surface area contributed by atoms with Crippen LogP contribution in [0.1, 0.15) is 29.8 Å². The zero-order valence-electron chi connectivity index (χ0n) is 9.40. The summed E-state index contributed by atoms with van der Waals surface area (Å²) in [6.07, 6.45) is 1.07. The Balaban J connectivity index is 2.48. The van der Waals surface area contributed by atoms with E-state index in [1.54, 1.807) is 12.1 Å². The Bertz CT molecular complexity index is 333. The van der Waals surface area contributed by atoms with Crippen LogP contribution in [0.2, 0.25) is 0 Å². The Morgan fingerprint density at radius 3 is 2.44 bits per heavy atom. The van der Waals surface area contributed by atoms with Crippen LogP contribution in [-0.2, 0) is 15.4 Å². The smallest absolute Gasteiger partial charge is 0.356 e. The highest BCUT2D eigenvalue weighted by atomic mass is 35.5. The van der Waals surface area contributed by atoms with E-state index in [0.29, 0.717) is 12.2 Å². The maximum Gasteiger partial charge on any atom is 0.356 e. The second-order valence-electron chi connectivity index (χ2n) is 3.73. The molecule has 0 amide bonds. The van der Waals surface area contributed by atoms with E-state index < -0.39 is 5.97 Å². The minimum Gasteiger partial charge on any atom is -0.378 e. The van der Waals surface area contributed by atoms with Crippen LogP contribution in [0.25, 0.3) is 0 Å². The van der Waals surface area contributed by atoms with E-state index in [0.717, 1.165) is 12.0 Å². The van der Waals surface area contributed by atoms with E-state index in [9.17, 15) is 4.79 Å². The molecule has 0 spiro atoms. The van der Waals surface area contributed by atoms with Gasteiger partial charge in [-0.2, -0.15) is 0 Å². The molecule has 0 aromatic heterocycles. The highest BCUT2D eigenvalue weighted by Gasteiger charge is 2.05. The lowest BCUT2D eigenvalue weighted by Gasteiger charge is -2.07. The molecule has 16 heavy (non-hydrogen) atoms. The molecule has 0 saturated carbocycles. The summed E-state index contributed by atoms with van der Waals surface area (Å²) >= 11 is 4.98. The van der Waals surface area contributed by atoms with Gasteiger partial charge in [0.1, 0.15) is 11.9 Å². The van der Waals surface area contributed by atoms with Crippen molar-refractivity contribution >= 4 is 17.8 Å². The fourth-order valence-corrected chi connectivity index (χ4v) is 1.35. The molecule has 0 aliphatic rings. The van der Waals surface area contributed by atoms with E-state index in [4.69, 9.17) is 16.6 Å². The van der Waals surface area contributed by atoms with Gasteiger partial charge in [0, 0.05) is 0 Å². The topological polar surface area (TPSA) is 35.5 Å². The van der Waals surface area contributed by atoms with Crippen molar-refractivity contribution < 1.29 is 13.8 Å². The van der Waals surface area contributed by atoms with Gasteiger partial charge >= 0.3 is 5.97 Å². The van der Waals surface area contributed by atoms with Crippen molar-refractivity contribution in [2.75, 3.05) is 6.61 Å². The Labute approximate surface area is 100 Å². The molecule has 0 fully saturated rings. The number of ether oxygens (including phenoxy) is 1. The molecule has 0 heterocycles. The highest BCUT2D eigenvalue weighted by molar-refractivity contribution is 6.15. The van der Waals surface area contributed by atoms with Crippen molar-refractivity contribution in [1.29, 1.82) is 0 Å². The average molecular weight is 243 g/mol. The van der Waals surface area contributed by atoms with Crippen LogP contribution < -0.4 is 0 Å². The highest BCUT2D eigenvalue weighted by Crippen LogP contribution is 2.08. The van der Waals surface area contributed by atoms with Crippen LogP contribution >= 0.6 is 11.9 Å². The maximum absolute atomic E-state index is 11.0. The number of hydrogen-bond donors (Lipinski definition) is 0. The van der Waals surface area contributed by atoms with Gasteiger partial charge in [0.15, 0.2) is 0 Å². The first-order valence-corrected chi connectivity index (χ1v) is 5.48. The summed E-state index contributed by atoms with van der Waals surface area (Å²) in [5.74, 6) is -0.536. The monoisotopic (exact) mass is 242 g/mol. The van der Waals surface area contributed by atoms with Crippen LogP contribution in [0.4, 0.5) is 0 Å². The van der Waals surface area contributed by atoms with Gasteiger partial charge in [-0.3, -0.25) is 0 Å². The number of carbonyl (C=O) groups excluding carboxylic acids is 1. The second kappa shape index (κ2) is 6.51. The third kappa shape index (κ3) is 4.21. The Kier molecular flexibility index (Phi) is 5.29. The summed E-state index contributed by atoms with van der Waals surface area (Å²) < 4.78 is 9.53. The van der Waals surface area contributed by atoms with Gasteiger partial charge in [-0.1, -0.05) is 12.1 Å². The van der Waals surface area contributed by atoms with Crippen molar-refractivity contribution in [1.82, 2.24) is 0 Å². The SMILES string of the molecule is CC(C)OCCc1ccc(C(=O)OCl)cc1. The molecule has 1 aromatic carbocycles. The van der Waals surface area contributed by atoms with Crippen molar-refractivity contribution in [3.63, 3.8) is 0 Å². The normalized spacial score (nSPS) is 10.5. The lowest BCUT2D eigenvalue weighted by atomic mass is 10.1. The third-order valence-corrected chi connectivity index (χ3v) is 2.24. The van der Waals surface area contributed by atoms with Crippen LogP contribution in [0.15, 0.2) is 24.3 Å². The number of rotatable bonds is 5. The van der Waals surface area contributed by atoms with Crippen molar-refractivity contribution in [2.45, 2.75) is 26.4 Å². The van der Waals surface area contributed by atoms with Crippen LogP contribution in [0, 0.1) is 0 Å². The lowest BCUT2D eigenvalue weighted by Crippen LogP contribution is -2.06. The first kappa shape index (κ1) is 13.0. The minimum absolute atomic E-state index is 0.241. The predicted molar refractivity (Wildman–Crippen MR) is 62.5 cm³/mol. The minimum atomic E-state index is -0.536. The van der Waals surface area contributed by atoms with Gasteiger partial charge in [-0.15, -0.1) is 0 Å². The molecule has 0 aliphatic heterocycles. The lowest BCUT2D eigenvalue weighted by molar-refractivity contribution is 0.0751. The summed E-state index contributed by atoms with van der Waals surface area (Å²) in [6, 6.07) is 7.12. The second-order valence-corrected chi connectivity index (χ2v) is 3.89. The van der Waals surface area contributed by atoms with Crippen molar-refractivity contribution in [3.05, 3.63) is 35.4 Å². The molecular weight excluding hydrogens is 228 g/mol. The standard InChI is InChI=1S/C12H15ClO3/c1-9(2)15-8-7-10-3-5-11(6-4-10)12(14)16-13/h3-6,9H,7-8H2,1-2H3. The summed E-state index contributed by atoms with van der Waals surface area (Å²) in [4.78, 5) is 11.0. The van der Waals surface area contributed by atoms with E-state index in [-0.39, 0.29) is 6.10 Å². The van der Waals surface area contributed by atoms with E-state index in [1.165, 1.54) is 0 Å². The van der Waals surface area contributed by atoms with Gasteiger partial charge in [-0.05, 0) is 38.0 Å². The summed E-state index contributed by atoms with van der Waals surface area (Å²) in [5, 5.41) is 0. The molecule has 0 radical (unpaired) electrons. The Morgan fingerprint density at radius 1 is 1.31 bits per heavy atom. The first-order valence-electron chi connectivity index (χ1n) is 5.17. The molecule has 4 heteroatoms. The summed E-state index contributed by atoms with van der Waals surface area (Å²) in [6.45, 7) is 4.68. The molecule has 88 valence electrons. The molecule has 0 N–H and O–H groups in total. The molecule has 0 aliphatic carbocycles. The fourth-order valence-electron chi connectivity index (χ4n) is 1.26. The molecule has 0 atom stereocenters. The zero-order valence-corrected chi connectivity index (χ0v) is 10.2. The predicted octanol–water partition coefficient (Wildman–Crippen LogP) is 2.96. The number of halogens is 1. The molecule has 0 saturated heterocycles. The van der Waals surface area contributed by atoms with E-state index in [1.807, 2.05) is 26.0 Å². The van der Waals surface area contributed by atoms with Crippen LogP contribution in [-0.4, -0.2) is 18.7 Å². The van der Waals surface area contributed by atoms with Crippen molar-refractivity contribution in [3.8, 4) is 0 Å². The van der Waals surface area contributed by atoms with Crippen molar-refractivity contribution in [2.24, 2.45) is 0 Å². The molecule has 0 unspecified atom stereocenters. The van der Waals surface area contributed by atoms with Gasteiger partial charge in [-0.25, -0.2) is 4.79 Å². The number of hydrogen-bond acceptors (Lipinski definition) is 3. The Morgan fingerprint density at radius 2 is 1.94 bits per heavy atom. The zero-order chi connectivity index (χ0) is 12.0. The Hall–Kier alpha value is -1.06. The molecule has 0 bridgehead atoms. The average Bonchev–Trinajstić information content (AvgIpc) is 2.28. The molecule has 3 nitrogen and oxygen atoms in total. The third-order valence-electron chi connectivity index (χ3n) is 2.10. The molecule has 1 rings (SSSR count). The van der Waals surface area contributed by atoms with Crippen LogP contribution in [0.5, 0.6) is 0 Å². The van der Waals surface area contributed by atoms with Crippen LogP contribution in [0.3, 0.4) is 0 Å². The van der Waals surface area contributed by atoms with E-state index >= 15 is 0 Å². The van der Waals surface area contributed by atoms with Gasteiger partial charge in [0.25, 0.3) is 0 Å². The quantitative estimate of drug-likeness (QED) is 0.796. The number of benzene rings is 1. The van der Waals surface area contributed by atoms with Gasteiger partial charge < -0.3 is 9.03 Å².